The predicted octanol–water partition coefficient (Wildman–Crippen LogP) is 0.780. The molecule has 1 fully saturated rings. The van der Waals surface area contributed by atoms with E-state index in [1.54, 1.807) is 6.92 Å². The van der Waals surface area contributed by atoms with Crippen molar-refractivity contribution in [2.45, 2.75) is 39.2 Å². The average Bonchev–Trinajstić information content (AvgIpc) is 2.52. The Kier molecular flexibility index (Phi) is 3.66. The van der Waals surface area contributed by atoms with Crippen LogP contribution in [0.15, 0.2) is 0 Å². The van der Waals surface area contributed by atoms with Crippen LogP contribution in [0.5, 0.6) is 0 Å². The molecule has 1 atom stereocenters. The second-order valence-electron chi connectivity index (χ2n) is 3.71. The van der Waals surface area contributed by atoms with Crippen molar-refractivity contribution in [2.75, 3.05) is 12.3 Å². The van der Waals surface area contributed by atoms with Gasteiger partial charge in [-0.15, -0.1) is 0 Å². The third-order valence-corrected chi connectivity index (χ3v) is 4.49. The molecule has 0 aromatic rings. The van der Waals surface area contributed by atoms with Gasteiger partial charge in [-0.2, -0.15) is 4.31 Å². The molecule has 82 valence electrons. The molecule has 4 nitrogen and oxygen atoms in total. The van der Waals surface area contributed by atoms with Crippen molar-refractivity contribution < 1.29 is 13.2 Å². The Balaban J connectivity index is 2.74. The van der Waals surface area contributed by atoms with Crippen molar-refractivity contribution in [3.63, 3.8) is 0 Å². The lowest BCUT2D eigenvalue weighted by molar-refractivity contribution is -0.117. The van der Waals surface area contributed by atoms with Crippen LogP contribution in [0.3, 0.4) is 0 Å². The predicted molar refractivity (Wildman–Crippen MR) is 54.5 cm³/mol. The molecule has 1 heterocycles. The topological polar surface area (TPSA) is 54.5 Å². The lowest BCUT2D eigenvalue weighted by Gasteiger charge is -2.22. The Labute approximate surface area is 85.3 Å². The molecule has 14 heavy (non-hydrogen) atoms. The number of sulfonamides is 1. The largest absolute Gasteiger partial charge is 0.300 e. The molecule has 5 heteroatoms. The van der Waals surface area contributed by atoms with Gasteiger partial charge in [0, 0.05) is 19.0 Å². The fraction of sp³-hybridized carbons (Fsp3) is 0.889. The van der Waals surface area contributed by atoms with Crippen LogP contribution in [0.25, 0.3) is 0 Å². The lowest BCUT2D eigenvalue weighted by atomic mass is 10.1. The summed E-state index contributed by atoms with van der Waals surface area (Å²) in [5, 5.41) is 0. The van der Waals surface area contributed by atoms with E-state index in [0.29, 0.717) is 13.0 Å². The normalized spacial score (nSPS) is 24.0. The molecule has 0 bridgehead atoms. The van der Waals surface area contributed by atoms with Gasteiger partial charge in [-0.05, 0) is 26.7 Å². The highest BCUT2D eigenvalue weighted by atomic mass is 32.2. The number of carbonyl (C=O) groups is 1. The number of hydrogen-bond donors (Lipinski definition) is 0. The lowest BCUT2D eigenvalue weighted by Crippen LogP contribution is -2.37. The second kappa shape index (κ2) is 4.40. The van der Waals surface area contributed by atoms with Gasteiger partial charge in [-0.1, -0.05) is 0 Å². The molecule has 0 aliphatic carbocycles. The average molecular weight is 219 g/mol. The minimum absolute atomic E-state index is 0.0632. The van der Waals surface area contributed by atoms with Gasteiger partial charge in [0.05, 0.1) is 5.75 Å². The molecule has 0 aromatic heterocycles. The first-order valence-electron chi connectivity index (χ1n) is 4.96. The van der Waals surface area contributed by atoms with Crippen molar-refractivity contribution in [1.82, 2.24) is 4.31 Å². The molecular formula is C9H17NO3S. The Morgan fingerprint density at radius 1 is 1.50 bits per heavy atom. The zero-order valence-electron chi connectivity index (χ0n) is 8.69. The first kappa shape index (κ1) is 11.7. The van der Waals surface area contributed by atoms with Gasteiger partial charge in [-0.25, -0.2) is 8.42 Å². The first-order chi connectivity index (χ1) is 6.47. The van der Waals surface area contributed by atoms with Crippen molar-refractivity contribution in [1.29, 1.82) is 0 Å². The van der Waals surface area contributed by atoms with E-state index in [-0.39, 0.29) is 17.6 Å². The van der Waals surface area contributed by atoms with Gasteiger partial charge in [0.25, 0.3) is 0 Å². The molecule has 0 N–H and O–H groups in total. The summed E-state index contributed by atoms with van der Waals surface area (Å²) in [6.45, 7) is 3.72. The van der Waals surface area contributed by atoms with Gasteiger partial charge < -0.3 is 0 Å². The van der Waals surface area contributed by atoms with Gasteiger partial charge >= 0.3 is 0 Å². The Bertz CT molecular complexity index is 310. The van der Waals surface area contributed by atoms with E-state index in [1.165, 1.54) is 11.2 Å². The maximum Gasteiger partial charge on any atom is 0.214 e. The molecule has 1 unspecified atom stereocenters. The minimum atomic E-state index is -3.11. The zero-order valence-corrected chi connectivity index (χ0v) is 9.51. The van der Waals surface area contributed by atoms with Crippen molar-refractivity contribution in [3.05, 3.63) is 0 Å². The van der Waals surface area contributed by atoms with Crippen LogP contribution in [0.4, 0.5) is 0 Å². The fourth-order valence-corrected chi connectivity index (χ4v) is 3.25. The maximum absolute atomic E-state index is 11.6. The molecule has 0 amide bonds. The van der Waals surface area contributed by atoms with E-state index in [1.807, 2.05) is 0 Å². The summed E-state index contributed by atoms with van der Waals surface area (Å²) < 4.78 is 24.7. The molecule has 0 aromatic carbocycles. The summed E-state index contributed by atoms with van der Waals surface area (Å²) in [6.07, 6.45) is 2.05. The van der Waals surface area contributed by atoms with Crippen LogP contribution in [0.1, 0.15) is 33.1 Å². The van der Waals surface area contributed by atoms with Gasteiger partial charge in [0.2, 0.25) is 10.0 Å². The van der Waals surface area contributed by atoms with Gasteiger partial charge in [-0.3, -0.25) is 4.79 Å². The van der Waals surface area contributed by atoms with Crippen LogP contribution in [-0.2, 0) is 14.8 Å². The summed E-state index contributed by atoms with van der Waals surface area (Å²) in [5.41, 5.74) is 0. The standard InChI is InChI=1S/C9H17NO3S/c1-3-14(12,13)10-6-4-5-9(10)7-8(2)11/h9H,3-7H2,1-2H3. The van der Waals surface area contributed by atoms with Gasteiger partial charge in [0.1, 0.15) is 5.78 Å². The van der Waals surface area contributed by atoms with Gasteiger partial charge in [0.15, 0.2) is 0 Å². The highest BCUT2D eigenvalue weighted by Crippen LogP contribution is 2.23. The van der Waals surface area contributed by atoms with Crippen LogP contribution in [-0.4, -0.2) is 36.8 Å². The number of ketones is 1. The minimum Gasteiger partial charge on any atom is -0.300 e. The van der Waals surface area contributed by atoms with E-state index < -0.39 is 10.0 Å². The van der Waals surface area contributed by atoms with Crippen LogP contribution < -0.4 is 0 Å². The van der Waals surface area contributed by atoms with Crippen molar-refractivity contribution >= 4 is 15.8 Å². The second-order valence-corrected chi connectivity index (χ2v) is 5.92. The van der Waals surface area contributed by atoms with Crippen LogP contribution in [0.2, 0.25) is 0 Å². The van der Waals surface area contributed by atoms with E-state index >= 15 is 0 Å². The molecule has 0 radical (unpaired) electrons. The van der Waals surface area contributed by atoms with E-state index in [4.69, 9.17) is 0 Å². The third-order valence-electron chi connectivity index (χ3n) is 2.57. The number of Topliss-reactive ketones (excluding diaryl/α,β-unsaturated/α-hetero) is 1. The number of rotatable bonds is 4. The maximum atomic E-state index is 11.6. The number of hydrogen-bond acceptors (Lipinski definition) is 3. The smallest absolute Gasteiger partial charge is 0.214 e. The zero-order chi connectivity index (χ0) is 10.8. The van der Waals surface area contributed by atoms with E-state index in [9.17, 15) is 13.2 Å². The first-order valence-corrected chi connectivity index (χ1v) is 6.57. The molecule has 1 aliphatic heterocycles. The molecule has 0 saturated carbocycles. The number of carbonyl (C=O) groups excluding carboxylic acids is 1. The third kappa shape index (κ3) is 2.54. The monoisotopic (exact) mass is 219 g/mol. The van der Waals surface area contributed by atoms with Crippen molar-refractivity contribution in [2.24, 2.45) is 0 Å². The van der Waals surface area contributed by atoms with Crippen LogP contribution >= 0.6 is 0 Å². The molecule has 0 spiro atoms. The molecular weight excluding hydrogens is 202 g/mol. The quantitative estimate of drug-likeness (QED) is 0.702. The Hall–Kier alpha value is -0.420. The highest BCUT2D eigenvalue weighted by Gasteiger charge is 2.33. The van der Waals surface area contributed by atoms with Crippen molar-refractivity contribution in [3.8, 4) is 0 Å². The van der Waals surface area contributed by atoms with Crippen LogP contribution in [0, 0.1) is 0 Å². The SMILES string of the molecule is CCS(=O)(=O)N1CCCC1CC(C)=O. The fourth-order valence-electron chi connectivity index (χ4n) is 1.88. The summed E-state index contributed by atoms with van der Waals surface area (Å²) in [4.78, 5) is 10.9. The summed E-state index contributed by atoms with van der Waals surface area (Å²) in [6, 6.07) is -0.0857. The molecule has 1 rings (SSSR count). The highest BCUT2D eigenvalue weighted by molar-refractivity contribution is 7.89. The molecule has 1 aliphatic rings. The number of nitrogens with zero attached hydrogens (tertiary/aromatic N) is 1. The van der Waals surface area contributed by atoms with E-state index in [0.717, 1.165) is 12.8 Å². The summed E-state index contributed by atoms with van der Waals surface area (Å²) in [7, 11) is -3.11. The molecule has 1 saturated heterocycles. The Morgan fingerprint density at radius 3 is 2.64 bits per heavy atom. The van der Waals surface area contributed by atoms with E-state index in [2.05, 4.69) is 0 Å². The summed E-state index contributed by atoms with van der Waals surface area (Å²) >= 11 is 0. The summed E-state index contributed by atoms with van der Waals surface area (Å²) in [5.74, 6) is 0.190. The Morgan fingerprint density at radius 2 is 2.14 bits per heavy atom.